The van der Waals surface area contributed by atoms with E-state index in [4.69, 9.17) is 40.0 Å². The van der Waals surface area contributed by atoms with Crippen molar-refractivity contribution in [1.29, 1.82) is 0 Å². The highest BCUT2D eigenvalue weighted by molar-refractivity contribution is 6.19. The Hall–Kier alpha value is -8.77. The molecule has 3 aromatic carbocycles. The van der Waals surface area contributed by atoms with Crippen molar-refractivity contribution in [3.05, 3.63) is 200 Å². The molecule has 6 aromatic heterocycles. The minimum absolute atomic E-state index is 0.470. The largest absolute Gasteiger partial charge is 0.361 e. The molecule has 1 N–H and O–H groups in total. The summed E-state index contributed by atoms with van der Waals surface area (Å²) in [5, 5.41) is 11.3. The molecule has 0 saturated heterocycles. The number of anilines is 2. The second-order valence-electron chi connectivity index (χ2n) is 15.2. The van der Waals surface area contributed by atoms with E-state index in [2.05, 4.69) is 74.7 Å². The number of allylic oxidation sites excluding steroid dienone is 3. The van der Waals surface area contributed by atoms with Crippen molar-refractivity contribution in [2.45, 2.75) is 6.04 Å². The number of fused-ring (bicyclic) bond motifs is 4. The number of aromatic nitrogens is 9. The quantitative estimate of drug-likeness (QED) is 0.165. The maximum absolute atomic E-state index is 5.91. The van der Waals surface area contributed by atoms with Crippen LogP contribution in [0.1, 0.15) is 5.69 Å². The third-order valence-corrected chi connectivity index (χ3v) is 11.5. The van der Waals surface area contributed by atoms with Gasteiger partial charge in [-0.05, 0) is 72.8 Å². The maximum atomic E-state index is 5.91. The number of hydrogen-bond acceptors (Lipinski definition) is 11. The fourth-order valence-electron chi connectivity index (χ4n) is 8.85. The number of para-hydroxylation sites is 2. The molecule has 12 heteroatoms. The van der Waals surface area contributed by atoms with E-state index in [0.717, 1.165) is 55.5 Å². The second kappa shape index (κ2) is 15.0. The van der Waals surface area contributed by atoms with E-state index in [1.54, 1.807) is 24.8 Å². The van der Waals surface area contributed by atoms with Crippen LogP contribution < -0.4 is 4.90 Å². The molecule has 0 bridgehead atoms. The van der Waals surface area contributed by atoms with E-state index in [1.165, 1.54) is 0 Å². The lowest BCUT2D eigenvalue weighted by molar-refractivity contribution is 0.513. The molecule has 0 aliphatic carbocycles. The van der Waals surface area contributed by atoms with E-state index in [9.17, 15) is 0 Å². The topological polar surface area (TPSA) is 138 Å². The molecular formula is C51H34N12. The van der Waals surface area contributed by atoms with Crippen molar-refractivity contribution in [2.24, 2.45) is 4.99 Å². The van der Waals surface area contributed by atoms with Crippen molar-refractivity contribution in [3.8, 4) is 45.3 Å². The van der Waals surface area contributed by atoms with Crippen LogP contribution in [0.4, 0.5) is 17.2 Å². The Morgan fingerprint density at radius 1 is 0.603 bits per heavy atom. The third kappa shape index (κ3) is 6.11. The van der Waals surface area contributed by atoms with E-state index >= 15 is 0 Å². The van der Waals surface area contributed by atoms with Gasteiger partial charge in [-0.2, -0.15) is 5.10 Å². The van der Waals surface area contributed by atoms with Crippen molar-refractivity contribution in [1.82, 2.24) is 50.0 Å². The summed E-state index contributed by atoms with van der Waals surface area (Å²) in [7, 11) is 0. The highest BCUT2D eigenvalue weighted by atomic mass is 15.3. The second-order valence-corrected chi connectivity index (χ2v) is 15.2. The highest BCUT2D eigenvalue weighted by Crippen LogP contribution is 2.58. The molecule has 0 amide bonds. The van der Waals surface area contributed by atoms with Crippen LogP contribution in [0.3, 0.4) is 0 Å². The van der Waals surface area contributed by atoms with E-state index in [-0.39, 0.29) is 0 Å². The number of benzene rings is 3. The van der Waals surface area contributed by atoms with Crippen molar-refractivity contribution in [2.75, 3.05) is 11.4 Å². The van der Waals surface area contributed by atoms with Gasteiger partial charge in [0.2, 0.25) is 0 Å². The van der Waals surface area contributed by atoms with E-state index in [1.807, 2.05) is 103 Å². The van der Waals surface area contributed by atoms with Gasteiger partial charge in [0.15, 0.2) is 17.5 Å². The lowest BCUT2D eigenvalue weighted by Gasteiger charge is -2.42. The third-order valence-electron chi connectivity index (χ3n) is 11.5. The normalized spacial score (nSPS) is 15.5. The molecular weight excluding hydrogens is 781 g/mol. The number of H-pyrrole nitrogens is 1. The van der Waals surface area contributed by atoms with Gasteiger partial charge >= 0.3 is 0 Å². The molecule has 0 radical (unpaired) electrons. The van der Waals surface area contributed by atoms with E-state index in [0.29, 0.717) is 58.0 Å². The molecule has 9 heterocycles. The summed E-state index contributed by atoms with van der Waals surface area (Å²) in [6.07, 6.45) is 23.6. The summed E-state index contributed by atoms with van der Waals surface area (Å²) in [6.45, 7) is 0.715. The molecule has 9 aromatic rings. The Kier molecular flexibility index (Phi) is 8.63. The number of nitrogens with zero attached hydrogens (tertiary/aromatic N) is 11. The zero-order chi connectivity index (χ0) is 41.7. The first-order chi connectivity index (χ1) is 31.3. The Bertz CT molecular complexity index is 3380. The Morgan fingerprint density at radius 2 is 1.44 bits per heavy atom. The summed E-state index contributed by atoms with van der Waals surface area (Å²) in [4.78, 5) is 44.7. The SMILES string of the molecule is C1=CC2=C(C3C(c4ccc5ccccc5n4)=Nc4c(-c5ncc6ccccc6n5)c(-c5ccc[nH]5)c(-c5ncccn5)c(-c5ccccn5)c4N3c3cccnn3)C=CCN2C=C1. The predicted molar refractivity (Wildman–Crippen MR) is 246 cm³/mol. The van der Waals surface area contributed by atoms with Crippen LogP contribution in [-0.4, -0.2) is 68.3 Å². The summed E-state index contributed by atoms with van der Waals surface area (Å²) < 4.78 is 0. The summed E-state index contributed by atoms with van der Waals surface area (Å²) >= 11 is 0. The van der Waals surface area contributed by atoms with Crippen LogP contribution in [0.5, 0.6) is 0 Å². The lowest BCUT2D eigenvalue weighted by Crippen LogP contribution is -2.45. The molecule has 12 nitrogen and oxygen atoms in total. The number of pyridine rings is 2. The number of rotatable bonds is 7. The van der Waals surface area contributed by atoms with Crippen LogP contribution in [0, 0.1) is 0 Å². The standard InChI is InChI=1S/C51H34N12/c1-3-16-35-32(13-1)22-23-39(58-35)46-48(34-15-11-30-62-29-8-6-20-40(34)62)63(41-21-10-28-57-61-41)49-43(38-18-5-7-24-52-38)44(50-54-26-12-27-55-50)42(37-19-9-25-53-37)45(47(49)60-46)51-56-31-33-14-2-4-17-36(33)59-51/h1-29,31,48,53H,30H2. The fraction of sp³-hybridized carbons (Fsp3) is 0.0392. The molecule has 12 rings (SSSR count). The smallest absolute Gasteiger partial charge is 0.162 e. The first-order valence-electron chi connectivity index (χ1n) is 20.6. The van der Waals surface area contributed by atoms with Crippen molar-refractivity contribution < 1.29 is 0 Å². The number of hydrogen-bond donors (Lipinski definition) is 1. The van der Waals surface area contributed by atoms with Gasteiger partial charge in [0, 0.05) is 94.4 Å². The first-order valence-corrected chi connectivity index (χ1v) is 20.6. The monoisotopic (exact) mass is 814 g/mol. The van der Waals surface area contributed by atoms with Crippen LogP contribution in [0.2, 0.25) is 0 Å². The molecule has 0 spiro atoms. The van der Waals surface area contributed by atoms with Gasteiger partial charge in [-0.15, -0.1) is 5.10 Å². The first kappa shape index (κ1) is 36.1. The highest BCUT2D eigenvalue weighted by Gasteiger charge is 2.43. The Balaban J connectivity index is 1.32. The summed E-state index contributed by atoms with van der Waals surface area (Å²) in [6, 6.07) is 35.4. The Labute approximate surface area is 361 Å². The minimum Gasteiger partial charge on any atom is -0.361 e. The van der Waals surface area contributed by atoms with Gasteiger partial charge in [0.25, 0.3) is 0 Å². The molecule has 1 unspecified atom stereocenters. The van der Waals surface area contributed by atoms with Crippen molar-refractivity contribution in [3.63, 3.8) is 0 Å². The molecule has 63 heavy (non-hydrogen) atoms. The van der Waals surface area contributed by atoms with Gasteiger partial charge < -0.3 is 14.8 Å². The van der Waals surface area contributed by atoms with Gasteiger partial charge in [-0.3, -0.25) is 4.98 Å². The molecule has 3 aliphatic rings. The van der Waals surface area contributed by atoms with Gasteiger partial charge in [0.1, 0.15) is 6.04 Å². The zero-order valence-electron chi connectivity index (χ0n) is 33.5. The summed E-state index contributed by atoms with van der Waals surface area (Å²) in [5.74, 6) is 1.54. The molecule has 298 valence electrons. The van der Waals surface area contributed by atoms with Crippen LogP contribution in [0.25, 0.3) is 67.1 Å². The number of aromatic amines is 1. The van der Waals surface area contributed by atoms with Crippen LogP contribution in [0.15, 0.2) is 199 Å². The maximum Gasteiger partial charge on any atom is 0.162 e. The fourth-order valence-corrected chi connectivity index (χ4v) is 8.85. The van der Waals surface area contributed by atoms with Gasteiger partial charge in [0.05, 0.1) is 45.1 Å². The molecule has 0 fully saturated rings. The number of aliphatic imine (C=N–C) groups is 1. The molecule has 0 saturated carbocycles. The number of nitrogens with one attached hydrogen (secondary N) is 1. The van der Waals surface area contributed by atoms with Crippen molar-refractivity contribution >= 4 is 44.7 Å². The molecule has 3 aliphatic heterocycles. The molecule has 1 atom stereocenters. The summed E-state index contributed by atoms with van der Waals surface area (Å²) in [5.41, 5.74) is 10.8. The van der Waals surface area contributed by atoms with Crippen LogP contribution in [-0.2, 0) is 0 Å². The van der Waals surface area contributed by atoms with Crippen LogP contribution >= 0.6 is 0 Å². The Morgan fingerprint density at radius 3 is 2.27 bits per heavy atom. The van der Waals surface area contributed by atoms with Gasteiger partial charge in [-0.25, -0.2) is 29.9 Å². The van der Waals surface area contributed by atoms with Gasteiger partial charge in [-0.1, -0.05) is 66.8 Å². The average molecular weight is 815 g/mol. The van der Waals surface area contributed by atoms with E-state index < -0.39 is 6.04 Å². The minimum atomic E-state index is -0.596. The average Bonchev–Trinajstić information content (AvgIpc) is 3.90. The predicted octanol–water partition coefficient (Wildman–Crippen LogP) is 10.00. The lowest BCUT2D eigenvalue weighted by atomic mass is 9.83. The zero-order valence-corrected chi connectivity index (χ0v) is 33.5.